The molecule has 0 rings (SSSR count). The van der Waals surface area contributed by atoms with Gasteiger partial charge in [-0.15, -0.1) is 11.6 Å². The van der Waals surface area contributed by atoms with Gasteiger partial charge >= 0.3 is 0 Å². The molecule has 0 spiro atoms. The summed E-state index contributed by atoms with van der Waals surface area (Å²) in [6.07, 6.45) is 1.08. The van der Waals surface area contributed by atoms with Crippen LogP contribution in [0.2, 0.25) is 0 Å². The van der Waals surface area contributed by atoms with Crippen LogP contribution in [-0.4, -0.2) is 38.5 Å². The van der Waals surface area contributed by atoms with E-state index in [0.717, 1.165) is 6.26 Å². The molecule has 7 heteroatoms. The average Bonchev–Trinajstić information content (AvgIpc) is 2.09. The number of nitrogens with one attached hydrogen (secondary N) is 2. The lowest BCUT2D eigenvalue weighted by Crippen LogP contribution is -2.51. The Morgan fingerprint density at radius 2 is 1.94 bits per heavy atom. The number of halogens is 1. The zero-order valence-electron chi connectivity index (χ0n) is 10.0. The smallest absolute Gasteiger partial charge is 0.224 e. The lowest BCUT2D eigenvalue weighted by molar-refractivity contribution is -0.124. The van der Waals surface area contributed by atoms with E-state index in [1.54, 1.807) is 20.8 Å². The zero-order chi connectivity index (χ0) is 13.0. The highest BCUT2D eigenvalue weighted by Gasteiger charge is 2.23. The molecule has 5 nitrogen and oxygen atoms in total. The number of carbonyl (C=O) groups is 1. The van der Waals surface area contributed by atoms with E-state index in [2.05, 4.69) is 10.0 Å². The van der Waals surface area contributed by atoms with E-state index in [-0.39, 0.29) is 24.2 Å². The summed E-state index contributed by atoms with van der Waals surface area (Å²) >= 11 is 5.53. The quantitative estimate of drug-likeness (QED) is 0.682. The van der Waals surface area contributed by atoms with Crippen molar-refractivity contribution in [3.05, 3.63) is 0 Å². The number of hydrogen-bond donors (Lipinski definition) is 2. The van der Waals surface area contributed by atoms with Crippen LogP contribution < -0.4 is 10.0 Å². The van der Waals surface area contributed by atoms with Crippen LogP contribution in [0, 0.1) is 5.92 Å². The highest BCUT2D eigenvalue weighted by Crippen LogP contribution is 2.03. The fourth-order valence-corrected chi connectivity index (χ4v) is 2.31. The summed E-state index contributed by atoms with van der Waals surface area (Å²) < 4.78 is 24.5. The monoisotopic (exact) mass is 270 g/mol. The van der Waals surface area contributed by atoms with Crippen molar-refractivity contribution in [2.24, 2.45) is 5.92 Å². The molecule has 96 valence electrons. The predicted octanol–water partition coefficient (Wildman–Crippen LogP) is 0.305. The largest absolute Gasteiger partial charge is 0.354 e. The van der Waals surface area contributed by atoms with Crippen LogP contribution in [0.3, 0.4) is 0 Å². The number of sulfonamides is 1. The van der Waals surface area contributed by atoms with E-state index in [9.17, 15) is 13.2 Å². The molecule has 0 aliphatic carbocycles. The first-order valence-corrected chi connectivity index (χ1v) is 7.32. The second kappa shape index (κ2) is 5.84. The minimum absolute atomic E-state index is 0.182. The van der Waals surface area contributed by atoms with Crippen molar-refractivity contribution in [1.29, 1.82) is 0 Å². The van der Waals surface area contributed by atoms with Crippen molar-refractivity contribution in [1.82, 2.24) is 10.0 Å². The van der Waals surface area contributed by atoms with Crippen LogP contribution in [-0.2, 0) is 14.8 Å². The number of rotatable bonds is 6. The SMILES string of the molecule is CC(CCl)C(=O)NCC(C)(C)NS(C)(=O)=O. The molecular weight excluding hydrogens is 252 g/mol. The summed E-state index contributed by atoms with van der Waals surface area (Å²) in [5.74, 6) is -0.222. The highest BCUT2D eigenvalue weighted by atomic mass is 35.5. The van der Waals surface area contributed by atoms with Crippen molar-refractivity contribution in [2.45, 2.75) is 26.3 Å². The van der Waals surface area contributed by atoms with E-state index in [1.165, 1.54) is 0 Å². The first-order chi connectivity index (χ1) is 7.07. The third kappa shape index (κ3) is 7.03. The van der Waals surface area contributed by atoms with Crippen LogP contribution in [0.4, 0.5) is 0 Å². The van der Waals surface area contributed by atoms with Gasteiger partial charge in [0, 0.05) is 23.9 Å². The van der Waals surface area contributed by atoms with Crippen LogP contribution in [0.15, 0.2) is 0 Å². The molecule has 1 amide bonds. The molecule has 0 fully saturated rings. The molecule has 1 unspecified atom stereocenters. The lowest BCUT2D eigenvalue weighted by atomic mass is 10.1. The molecular formula is C9H19ClN2O3S. The van der Waals surface area contributed by atoms with Gasteiger partial charge in [-0.2, -0.15) is 0 Å². The molecule has 0 saturated heterocycles. The Bertz CT molecular complexity index is 341. The van der Waals surface area contributed by atoms with Crippen molar-refractivity contribution >= 4 is 27.5 Å². The van der Waals surface area contributed by atoms with E-state index >= 15 is 0 Å². The normalized spacial score (nSPS) is 14.6. The maximum Gasteiger partial charge on any atom is 0.224 e. The van der Waals surface area contributed by atoms with Gasteiger partial charge in [0.05, 0.1) is 6.26 Å². The van der Waals surface area contributed by atoms with Gasteiger partial charge in [0.15, 0.2) is 0 Å². The van der Waals surface area contributed by atoms with Crippen LogP contribution in [0.1, 0.15) is 20.8 Å². The van der Waals surface area contributed by atoms with E-state index < -0.39 is 15.6 Å². The fourth-order valence-electron chi connectivity index (χ4n) is 1.09. The minimum atomic E-state index is -3.28. The molecule has 2 N–H and O–H groups in total. The molecule has 0 aliphatic rings. The molecule has 1 atom stereocenters. The Hall–Kier alpha value is -0.330. The third-order valence-electron chi connectivity index (χ3n) is 1.85. The Morgan fingerprint density at radius 3 is 2.31 bits per heavy atom. The Morgan fingerprint density at radius 1 is 1.44 bits per heavy atom. The van der Waals surface area contributed by atoms with Gasteiger partial charge in [-0.3, -0.25) is 4.79 Å². The van der Waals surface area contributed by atoms with E-state index in [4.69, 9.17) is 11.6 Å². The summed E-state index contributed by atoms with van der Waals surface area (Å²) in [5.41, 5.74) is -0.713. The molecule has 0 heterocycles. The summed E-state index contributed by atoms with van der Waals surface area (Å²) in [7, 11) is -3.28. The minimum Gasteiger partial charge on any atom is -0.354 e. The molecule has 0 aromatic heterocycles. The van der Waals surface area contributed by atoms with E-state index in [0.29, 0.717) is 0 Å². The van der Waals surface area contributed by atoms with Crippen molar-refractivity contribution in [3.8, 4) is 0 Å². The molecule has 16 heavy (non-hydrogen) atoms. The maximum atomic E-state index is 11.4. The molecule has 0 aromatic rings. The Balaban J connectivity index is 4.24. The van der Waals surface area contributed by atoms with Gasteiger partial charge in [-0.1, -0.05) is 6.92 Å². The molecule has 0 aromatic carbocycles. The zero-order valence-corrected chi connectivity index (χ0v) is 11.6. The van der Waals surface area contributed by atoms with Crippen molar-refractivity contribution < 1.29 is 13.2 Å². The van der Waals surface area contributed by atoms with Crippen LogP contribution >= 0.6 is 11.6 Å². The average molecular weight is 271 g/mol. The number of carbonyl (C=O) groups excluding carboxylic acids is 1. The summed E-state index contributed by atoms with van der Waals surface area (Å²) in [6, 6.07) is 0. The molecule has 0 saturated carbocycles. The summed E-state index contributed by atoms with van der Waals surface area (Å²) in [5, 5.41) is 2.65. The van der Waals surface area contributed by atoms with Crippen LogP contribution in [0.25, 0.3) is 0 Å². The Kier molecular flexibility index (Phi) is 5.72. The van der Waals surface area contributed by atoms with Crippen molar-refractivity contribution in [3.63, 3.8) is 0 Å². The number of hydrogen-bond acceptors (Lipinski definition) is 3. The number of alkyl halides is 1. The first-order valence-electron chi connectivity index (χ1n) is 4.90. The third-order valence-corrected chi connectivity index (χ3v) is 3.23. The molecule has 0 radical (unpaired) electrons. The summed E-state index contributed by atoms with van der Waals surface area (Å²) in [6.45, 7) is 5.32. The molecule has 0 aliphatic heterocycles. The van der Waals surface area contributed by atoms with Gasteiger partial charge in [-0.25, -0.2) is 13.1 Å². The van der Waals surface area contributed by atoms with Gasteiger partial charge in [0.1, 0.15) is 0 Å². The highest BCUT2D eigenvalue weighted by molar-refractivity contribution is 7.88. The topological polar surface area (TPSA) is 75.3 Å². The fraction of sp³-hybridized carbons (Fsp3) is 0.889. The van der Waals surface area contributed by atoms with Gasteiger partial charge in [0.2, 0.25) is 15.9 Å². The van der Waals surface area contributed by atoms with Gasteiger partial charge < -0.3 is 5.32 Å². The maximum absolute atomic E-state index is 11.4. The lowest BCUT2D eigenvalue weighted by Gasteiger charge is -2.25. The van der Waals surface area contributed by atoms with Gasteiger partial charge in [-0.05, 0) is 13.8 Å². The Labute approximate surface area is 102 Å². The summed E-state index contributed by atoms with van der Waals surface area (Å²) in [4.78, 5) is 11.4. The number of amides is 1. The second-order valence-electron chi connectivity index (χ2n) is 4.53. The second-order valence-corrected chi connectivity index (χ2v) is 6.59. The van der Waals surface area contributed by atoms with E-state index in [1.807, 2.05) is 0 Å². The molecule has 0 bridgehead atoms. The standard InChI is InChI=1S/C9H19ClN2O3S/c1-7(5-10)8(13)11-6-9(2,3)12-16(4,14)15/h7,12H,5-6H2,1-4H3,(H,11,13). The first kappa shape index (κ1) is 15.7. The van der Waals surface area contributed by atoms with Crippen molar-refractivity contribution in [2.75, 3.05) is 18.7 Å². The van der Waals surface area contributed by atoms with Gasteiger partial charge in [0.25, 0.3) is 0 Å². The predicted molar refractivity (Wildman–Crippen MR) is 65.0 cm³/mol. The van der Waals surface area contributed by atoms with Crippen LogP contribution in [0.5, 0.6) is 0 Å².